The summed E-state index contributed by atoms with van der Waals surface area (Å²) in [7, 11) is 0. The van der Waals surface area contributed by atoms with Crippen LogP contribution < -0.4 is 5.01 Å². The standard InChI is InChI=1S/C21H16FN3O/c22-18-9-7-16(8-10-18)15-3-5-17(6-4-15)20-11-12-21(26)25(24-20)19-2-1-13-23-14-19/h1-10,13-14H,11-12H2. The maximum absolute atomic E-state index is 13.1. The van der Waals surface area contributed by atoms with Crippen LogP contribution in [-0.2, 0) is 4.79 Å². The Labute approximate surface area is 150 Å². The van der Waals surface area contributed by atoms with E-state index in [9.17, 15) is 9.18 Å². The SMILES string of the molecule is O=C1CCC(c2ccc(-c3ccc(F)cc3)cc2)=NN1c1cccnc1. The molecule has 1 aromatic heterocycles. The summed E-state index contributed by atoms with van der Waals surface area (Å²) in [6, 6.07) is 17.9. The van der Waals surface area contributed by atoms with Crippen LogP contribution in [-0.4, -0.2) is 16.6 Å². The molecule has 3 aromatic rings. The van der Waals surface area contributed by atoms with Crippen molar-refractivity contribution in [1.82, 2.24) is 4.98 Å². The van der Waals surface area contributed by atoms with Gasteiger partial charge < -0.3 is 0 Å². The van der Waals surface area contributed by atoms with E-state index in [-0.39, 0.29) is 11.7 Å². The van der Waals surface area contributed by atoms with Crippen LogP contribution in [0, 0.1) is 5.82 Å². The van der Waals surface area contributed by atoms with Gasteiger partial charge in [0.2, 0.25) is 5.91 Å². The van der Waals surface area contributed by atoms with Crippen molar-refractivity contribution in [3.8, 4) is 11.1 Å². The number of rotatable bonds is 3. The van der Waals surface area contributed by atoms with E-state index < -0.39 is 0 Å². The number of carbonyl (C=O) groups excluding carboxylic acids is 1. The third-order valence-electron chi connectivity index (χ3n) is 4.32. The molecule has 2 aromatic carbocycles. The summed E-state index contributed by atoms with van der Waals surface area (Å²) < 4.78 is 13.1. The van der Waals surface area contributed by atoms with Crippen molar-refractivity contribution >= 4 is 17.3 Å². The predicted octanol–water partition coefficient (Wildman–Crippen LogP) is 4.42. The summed E-state index contributed by atoms with van der Waals surface area (Å²) >= 11 is 0. The molecule has 0 saturated heterocycles. The molecule has 1 amide bonds. The van der Waals surface area contributed by atoms with Gasteiger partial charge >= 0.3 is 0 Å². The topological polar surface area (TPSA) is 45.6 Å². The first-order chi connectivity index (χ1) is 12.7. The van der Waals surface area contributed by atoms with Crippen LogP contribution in [0.15, 0.2) is 78.2 Å². The Kier molecular flexibility index (Phi) is 4.27. The fourth-order valence-corrected chi connectivity index (χ4v) is 2.94. The van der Waals surface area contributed by atoms with Crippen molar-refractivity contribution in [3.05, 3.63) is 84.4 Å². The Bertz CT molecular complexity index is 951. The Morgan fingerprint density at radius 2 is 1.50 bits per heavy atom. The lowest BCUT2D eigenvalue weighted by Gasteiger charge is -2.23. The number of hydrogen-bond acceptors (Lipinski definition) is 3. The molecule has 0 radical (unpaired) electrons. The molecule has 5 heteroatoms. The molecule has 0 spiro atoms. The third-order valence-corrected chi connectivity index (χ3v) is 4.32. The van der Waals surface area contributed by atoms with Crippen LogP contribution in [0.4, 0.5) is 10.1 Å². The number of aromatic nitrogens is 1. The molecular formula is C21H16FN3O. The first-order valence-electron chi connectivity index (χ1n) is 8.37. The van der Waals surface area contributed by atoms with Crippen molar-refractivity contribution < 1.29 is 9.18 Å². The number of halogens is 1. The van der Waals surface area contributed by atoms with E-state index in [0.29, 0.717) is 18.5 Å². The second kappa shape index (κ2) is 6.88. The van der Waals surface area contributed by atoms with E-state index in [1.807, 2.05) is 30.3 Å². The summed E-state index contributed by atoms with van der Waals surface area (Å²) in [6.07, 6.45) is 4.30. The summed E-state index contributed by atoms with van der Waals surface area (Å²) in [5.74, 6) is -0.285. The number of benzene rings is 2. The monoisotopic (exact) mass is 345 g/mol. The summed E-state index contributed by atoms with van der Waals surface area (Å²) in [4.78, 5) is 16.3. The molecule has 0 unspecified atom stereocenters. The smallest absolute Gasteiger partial charge is 0.247 e. The quantitative estimate of drug-likeness (QED) is 0.705. The summed E-state index contributed by atoms with van der Waals surface area (Å²) in [5.41, 5.74) is 4.45. The molecular weight excluding hydrogens is 329 g/mol. The number of anilines is 1. The predicted molar refractivity (Wildman–Crippen MR) is 99.3 cm³/mol. The van der Waals surface area contributed by atoms with Gasteiger partial charge in [0.1, 0.15) is 5.82 Å². The molecule has 0 atom stereocenters. The zero-order valence-electron chi connectivity index (χ0n) is 14.0. The molecule has 1 aliphatic heterocycles. The Hall–Kier alpha value is -3.34. The second-order valence-corrected chi connectivity index (χ2v) is 6.05. The number of nitrogens with zero attached hydrogens (tertiary/aromatic N) is 3. The van der Waals surface area contributed by atoms with Gasteiger partial charge in [0, 0.05) is 19.0 Å². The Balaban J connectivity index is 1.62. The number of pyridine rings is 1. The molecule has 0 N–H and O–H groups in total. The van der Waals surface area contributed by atoms with Gasteiger partial charge in [0.05, 0.1) is 17.6 Å². The minimum atomic E-state index is -0.248. The first-order valence-corrected chi connectivity index (χ1v) is 8.37. The molecule has 2 heterocycles. The number of carbonyl (C=O) groups is 1. The fraction of sp³-hybridized carbons (Fsp3) is 0.0952. The van der Waals surface area contributed by atoms with Crippen molar-refractivity contribution in [2.24, 2.45) is 5.10 Å². The zero-order valence-corrected chi connectivity index (χ0v) is 14.0. The highest BCUT2D eigenvalue weighted by molar-refractivity contribution is 6.08. The van der Waals surface area contributed by atoms with E-state index >= 15 is 0 Å². The van der Waals surface area contributed by atoms with Crippen LogP contribution in [0.5, 0.6) is 0 Å². The average Bonchev–Trinajstić information content (AvgIpc) is 2.70. The maximum Gasteiger partial charge on any atom is 0.247 e. The fourth-order valence-electron chi connectivity index (χ4n) is 2.94. The largest absolute Gasteiger partial charge is 0.273 e. The number of amides is 1. The van der Waals surface area contributed by atoms with Gasteiger partial charge in [-0.2, -0.15) is 10.1 Å². The Morgan fingerprint density at radius 3 is 2.15 bits per heavy atom. The van der Waals surface area contributed by atoms with Gasteiger partial charge in [0.15, 0.2) is 0 Å². The minimum Gasteiger partial charge on any atom is -0.273 e. The zero-order chi connectivity index (χ0) is 17.9. The van der Waals surface area contributed by atoms with E-state index in [0.717, 1.165) is 22.4 Å². The lowest BCUT2D eigenvalue weighted by molar-refractivity contribution is -0.118. The van der Waals surface area contributed by atoms with Crippen molar-refractivity contribution in [3.63, 3.8) is 0 Å². The third kappa shape index (κ3) is 3.24. The van der Waals surface area contributed by atoms with Crippen molar-refractivity contribution in [1.29, 1.82) is 0 Å². The lowest BCUT2D eigenvalue weighted by Crippen LogP contribution is -2.31. The second-order valence-electron chi connectivity index (χ2n) is 6.05. The van der Waals surface area contributed by atoms with Gasteiger partial charge in [0.25, 0.3) is 0 Å². The maximum atomic E-state index is 13.1. The molecule has 4 rings (SSSR count). The normalized spacial score (nSPS) is 14.3. The lowest BCUT2D eigenvalue weighted by atomic mass is 9.99. The number of hydrazone groups is 1. The van der Waals surface area contributed by atoms with Gasteiger partial charge in [-0.15, -0.1) is 0 Å². The molecule has 0 aliphatic carbocycles. The number of hydrogen-bond donors (Lipinski definition) is 0. The summed E-state index contributed by atoms with van der Waals surface area (Å²) in [5, 5.41) is 5.94. The molecule has 4 nitrogen and oxygen atoms in total. The molecule has 128 valence electrons. The molecule has 1 aliphatic rings. The van der Waals surface area contributed by atoms with Crippen LogP contribution >= 0.6 is 0 Å². The molecule has 26 heavy (non-hydrogen) atoms. The van der Waals surface area contributed by atoms with Gasteiger partial charge in [-0.3, -0.25) is 9.78 Å². The van der Waals surface area contributed by atoms with Gasteiger partial charge in [-0.25, -0.2) is 4.39 Å². The van der Waals surface area contributed by atoms with E-state index in [2.05, 4.69) is 10.1 Å². The highest BCUT2D eigenvalue weighted by Crippen LogP contribution is 2.24. The Morgan fingerprint density at radius 1 is 0.846 bits per heavy atom. The molecule has 0 bridgehead atoms. The van der Waals surface area contributed by atoms with Crippen molar-refractivity contribution in [2.45, 2.75) is 12.8 Å². The molecule has 0 fully saturated rings. The van der Waals surface area contributed by atoms with Crippen molar-refractivity contribution in [2.75, 3.05) is 5.01 Å². The highest BCUT2D eigenvalue weighted by Gasteiger charge is 2.22. The van der Waals surface area contributed by atoms with Gasteiger partial charge in [-0.1, -0.05) is 36.4 Å². The van der Waals surface area contributed by atoms with E-state index in [1.165, 1.54) is 17.1 Å². The van der Waals surface area contributed by atoms with Crippen LogP contribution in [0.3, 0.4) is 0 Å². The average molecular weight is 345 g/mol. The van der Waals surface area contributed by atoms with Crippen LogP contribution in [0.25, 0.3) is 11.1 Å². The minimum absolute atomic E-state index is 0.0373. The van der Waals surface area contributed by atoms with E-state index in [1.54, 1.807) is 30.6 Å². The highest BCUT2D eigenvalue weighted by atomic mass is 19.1. The molecule has 0 saturated carbocycles. The first kappa shape index (κ1) is 16.1. The van der Waals surface area contributed by atoms with Crippen LogP contribution in [0.1, 0.15) is 18.4 Å². The van der Waals surface area contributed by atoms with Crippen LogP contribution in [0.2, 0.25) is 0 Å². The van der Waals surface area contributed by atoms with Gasteiger partial charge in [-0.05, 0) is 41.0 Å². The van der Waals surface area contributed by atoms with E-state index in [4.69, 9.17) is 0 Å². The summed E-state index contributed by atoms with van der Waals surface area (Å²) in [6.45, 7) is 0.